The van der Waals surface area contributed by atoms with Gasteiger partial charge in [-0.1, -0.05) is 15.9 Å². The van der Waals surface area contributed by atoms with Crippen molar-refractivity contribution < 1.29 is 4.74 Å². The molecular weight excluding hydrogens is 230 g/mol. The molecule has 0 aliphatic heterocycles. The van der Waals surface area contributed by atoms with E-state index in [1.165, 1.54) is 5.56 Å². The summed E-state index contributed by atoms with van der Waals surface area (Å²) in [4.78, 5) is 0. The van der Waals surface area contributed by atoms with Crippen LogP contribution in [-0.2, 0) is 6.42 Å². The van der Waals surface area contributed by atoms with Gasteiger partial charge in [-0.05, 0) is 43.1 Å². The number of halogens is 1. The molecule has 0 heterocycles. The number of ether oxygens (including phenoxy) is 1. The van der Waals surface area contributed by atoms with Crippen LogP contribution in [0.3, 0.4) is 0 Å². The van der Waals surface area contributed by atoms with E-state index in [4.69, 9.17) is 10.5 Å². The highest BCUT2D eigenvalue weighted by Crippen LogP contribution is 2.23. The molecule has 3 heteroatoms. The lowest BCUT2D eigenvalue weighted by Crippen LogP contribution is -2.00. The second-order valence-electron chi connectivity index (χ2n) is 2.85. The van der Waals surface area contributed by atoms with E-state index in [1.807, 2.05) is 18.2 Å². The number of methoxy groups -OCH3 is 1. The van der Waals surface area contributed by atoms with Gasteiger partial charge in [0.25, 0.3) is 0 Å². The third kappa shape index (κ3) is 3.01. The van der Waals surface area contributed by atoms with Crippen molar-refractivity contribution in [2.75, 3.05) is 13.7 Å². The summed E-state index contributed by atoms with van der Waals surface area (Å²) in [5.74, 6) is 0.898. The Labute approximate surface area is 87.2 Å². The lowest BCUT2D eigenvalue weighted by molar-refractivity contribution is 0.414. The van der Waals surface area contributed by atoms with Crippen molar-refractivity contribution in [3.05, 3.63) is 28.2 Å². The minimum atomic E-state index is 0.726. The number of rotatable bonds is 4. The maximum Gasteiger partial charge on any atom is 0.119 e. The van der Waals surface area contributed by atoms with Gasteiger partial charge in [0.15, 0.2) is 0 Å². The van der Waals surface area contributed by atoms with Gasteiger partial charge in [-0.15, -0.1) is 0 Å². The third-order valence-corrected chi connectivity index (χ3v) is 2.68. The zero-order valence-electron chi connectivity index (χ0n) is 7.72. The van der Waals surface area contributed by atoms with Crippen LogP contribution in [0.15, 0.2) is 22.7 Å². The molecule has 0 atom stereocenters. The molecule has 0 bridgehead atoms. The molecule has 0 spiro atoms. The first-order chi connectivity index (χ1) is 6.27. The maximum atomic E-state index is 5.45. The standard InChI is InChI=1S/C10H14BrNO/c1-13-9-4-5-10(11)8(7-9)3-2-6-12/h4-5,7H,2-3,6,12H2,1H3. The zero-order chi connectivity index (χ0) is 9.68. The molecule has 0 aromatic heterocycles. The predicted molar refractivity (Wildman–Crippen MR) is 58.1 cm³/mol. The second kappa shape index (κ2) is 5.25. The van der Waals surface area contributed by atoms with E-state index in [1.54, 1.807) is 7.11 Å². The van der Waals surface area contributed by atoms with E-state index in [2.05, 4.69) is 15.9 Å². The summed E-state index contributed by atoms with van der Waals surface area (Å²) in [5, 5.41) is 0. The molecule has 0 amide bonds. The monoisotopic (exact) mass is 243 g/mol. The van der Waals surface area contributed by atoms with Gasteiger partial charge < -0.3 is 10.5 Å². The third-order valence-electron chi connectivity index (χ3n) is 1.90. The Hall–Kier alpha value is -0.540. The highest BCUT2D eigenvalue weighted by atomic mass is 79.9. The van der Waals surface area contributed by atoms with Crippen LogP contribution >= 0.6 is 15.9 Å². The summed E-state index contributed by atoms with van der Waals surface area (Å²) in [5.41, 5.74) is 6.70. The van der Waals surface area contributed by atoms with Crippen LogP contribution in [0.4, 0.5) is 0 Å². The van der Waals surface area contributed by atoms with Crippen LogP contribution in [0.5, 0.6) is 5.75 Å². The second-order valence-corrected chi connectivity index (χ2v) is 3.70. The van der Waals surface area contributed by atoms with Crippen LogP contribution in [-0.4, -0.2) is 13.7 Å². The predicted octanol–water partition coefficient (Wildman–Crippen LogP) is 2.35. The first-order valence-corrected chi connectivity index (χ1v) is 5.09. The summed E-state index contributed by atoms with van der Waals surface area (Å²) in [6.45, 7) is 0.726. The molecule has 13 heavy (non-hydrogen) atoms. The van der Waals surface area contributed by atoms with Crippen LogP contribution in [0.25, 0.3) is 0 Å². The Bertz CT molecular complexity index is 276. The van der Waals surface area contributed by atoms with Crippen molar-refractivity contribution in [3.63, 3.8) is 0 Å². The summed E-state index contributed by atoms with van der Waals surface area (Å²) in [6, 6.07) is 5.99. The van der Waals surface area contributed by atoms with Gasteiger partial charge in [-0.2, -0.15) is 0 Å². The Kier molecular flexibility index (Phi) is 4.25. The molecule has 0 saturated heterocycles. The molecule has 1 aromatic rings. The Morgan fingerprint density at radius 2 is 2.23 bits per heavy atom. The van der Waals surface area contributed by atoms with Crippen molar-refractivity contribution in [1.29, 1.82) is 0 Å². The smallest absolute Gasteiger partial charge is 0.119 e. The lowest BCUT2D eigenvalue weighted by Gasteiger charge is -2.06. The zero-order valence-corrected chi connectivity index (χ0v) is 9.30. The molecule has 0 unspecified atom stereocenters. The van der Waals surface area contributed by atoms with Gasteiger partial charge >= 0.3 is 0 Å². The molecule has 0 aliphatic rings. The van der Waals surface area contributed by atoms with E-state index in [0.29, 0.717) is 0 Å². The Balaban J connectivity index is 2.78. The number of benzene rings is 1. The summed E-state index contributed by atoms with van der Waals surface area (Å²) in [6.07, 6.45) is 2.00. The van der Waals surface area contributed by atoms with Gasteiger partial charge in [-0.25, -0.2) is 0 Å². The van der Waals surface area contributed by atoms with Crippen molar-refractivity contribution in [2.45, 2.75) is 12.8 Å². The van der Waals surface area contributed by atoms with Crippen molar-refractivity contribution in [1.82, 2.24) is 0 Å². The van der Waals surface area contributed by atoms with Crippen LogP contribution in [0.1, 0.15) is 12.0 Å². The van der Waals surface area contributed by atoms with Crippen LogP contribution < -0.4 is 10.5 Å². The molecule has 0 aliphatic carbocycles. The molecule has 2 N–H and O–H groups in total. The molecule has 0 radical (unpaired) electrons. The highest BCUT2D eigenvalue weighted by Gasteiger charge is 2.00. The summed E-state index contributed by atoms with van der Waals surface area (Å²) >= 11 is 3.49. The van der Waals surface area contributed by atoms with Crippen molar-refractivity contribution in [2.24, 2.45) is 5.73 Å². The quantitative estimate of drug-likeness (QED) is 0.882. The van der Waals surface area contributed by atoms with Gasteiger partial charge in [0.05, 0.1) is 7.11 Å². The average Bonchev–Trinajstić information content (AvgIpc) is 2.17. The summed E-state index contributed by atoms with van der Waals surface area (Å²) < 4.78 is 6.26. The van der Waals surface area contributed by atoms with E-state index >= 15 is 0 Å². The minimum absolute atomic E-state index is 0.726. The van der Waals surface area contributed by atoms with E-state index < -0.39 is 0 Å². The molecule has 1 rings (SSSR count). The summed E-state index contributed by atoms with van der Waals surface area (Å²) in [7, 11) is 1.68. The largest absolute Gasteiger partial charge is 0.497 e. The number of nitrogens with two attached hydrogens (primary N) is 1. The topological polar surface area (TPSA) is 35.2 Å². The number of aryl methyl sites for hydroxylation is 1. The molecule has 1 aromatic carbocycles. The van der Waals surface area contributed by atoms with E-state index in [-0.39, 0.29) is 0 Å². The Morgan fingerprint density at radius 3 is 2.85 bits per heavy atom. The first-order valence-electron chi connectivity index (χ1n) is 4.30. The van der Waals surface area contributed by atoms with Gasteiger partial charge in [0.1, 0.15) is 5.75 Å². The van der Waals surface area contributed by atoms with E-state index in [0.717, 1.165) is 29.6 Å². The molecule has 72 valence electrons. The molecule has 2 nitrogen and oxygen atoms in total. The van der Waals surface area contributed by atoms with Crippen LogP contribution in [0.2, 0.25) is 0 Å². The molecule has 0 saturated carbocycles. The van der Waals surface area contributed by atoms with Crippen LogP contribution in [0, 0.1) is 0 Å². The minimum Gasteiger partial charge on any atom is -0.497 e. The first kappa shape index (κ1) is 10.5. The molecular formula is C10H14BrNO. The van der Waals surface area contributed by atoms with Gasteiger partial charge in [-0.3, -0.25) is 0 Å². The normalized spacial score (nSPS) is 10.1. The van der Waals surface area contributed by atoms with Gasteiger partial charge in [0.2, 0.25) is 0 Å². The fraction of sp³-hybridized carbons (Fsp3) is 0.400. The average molecular weight is 244 g/mol. The number of hydrogen-bond acceptors (Lipinski definition) is 2. The van der Waals surface area contributed by atoms with Crippen molar-refractivity contribution >= 4 is 15.9 Å². The Morgan fingerprint density at radius 1 is 1.46 bits per heavy atom. The fourth-order valence-corrected chi connectivity index (χ4v) is 1.61. The van der Waals surface area contributed by atoms with Gasteiger partial charge in [0, 0.05) is 4.47 Å². The van der Waals surface area contributed by atoms with Crippen molar-refractivity contribution in [3.8, 4) is 5.75 Å². The fourth-order valence-electron chi connectivity index (χ4n) is 1.16. The maximum absolute atomic E-state index is 5.45. The highest BCUT2D eigenvalue weighted by molar-refractivity contribution is 9.10. The lowest BCUT2D eigenvalue weighted by atomic mass is 10.1. The molecule has 0 fully saturated rings. The SMILES string of the molecule is COc1ccc(Br)c(CCCN)c1. The number of hydrogen-bond donors (Lipinski definition) is 1. The van der Waals surface area contributed by atoms with E-state index in [9.17, 15) is 0 Å².